The van der Waals surface area contributed by atoms with Crippen molar-refractivity contribution in [2.45, 2.75) is 45.4 Å². The summed E-state index contributed by atoms with van der Waals surface area (Å²) in [4.78, 5) is 0.996. The van der Waals surface area contributed by atoms with E-state index in [2.05, 4.69) is 69.0 Å². The molecule has 1 N–H and O–H groups in total. The summed E-state index contributed by atoms with van der Waals surface area (Å²) in [6.07, 6.45) is 7.21. The third kappa shape index (κ3) is 6.59. The molecule has 5 heteroatoms. The fourth-order valence-corrected chi connectivity index (χ4v) is 4.70. The Hall–Kier alpha value is 0.280. The zero-order valence-corrected chi connectivity index (χ0v) is 18.2. The summed E-state index contributed by atoms with van der Waals surface area (Å²) in [5, 5.41) is 3.45. The molecular weight excluding hydrogens is 485 g/mol. The number of thiocarbonyl (C=S) groups is 1. The monoisotopic (exact) mass is 509 g/mol. The van der Waals surface area contributed by atoms with Gasteiger partial charge in [0.05, 0.1) is 10.7 Å². The topological polar surface area (TPSA) is 21.3 Å². The fraction of sp³-hybridized carbons (Fsp3) is 0.611. The van der Waals surface area contributed by atoms with Gasteiger partial charge in [-0.3, -0.25) is 0 Å². The highest BCUT2D eigenvalue weighted by Gasteiger charge is 2.24. The maximum Gasteiger partial charge on any atom is 0.0828 e. The molecule has 0 radical (unpaired) electrons. The van der Waals surface area contributed by atoms with Crippen LogP contribution < -0.4 is 5.32 Å². The fourth-order valence-electron chi connectivity index (χ4n) is 2.91. The third-order valence-electron chi connectivity index (χ3n) is 4.40. The molecule has 2 nitrogen and oxygen atoms in total. The van der Waals surface area contributed by atoms with Crippen LogP contribution in [0.2, 0.25) is 0 Å². The van der Waals surface area contributed by atoms with Crippen LogP contribution in [-0.4, -0.2) is 18.2 Å². The van der Waals surface area contributed by atoms with Crippen molar-refractivity contribution in [2.75, 3.05) is 18.5 Å². The maximum absolute atomic E-state index is 5.78. The number of unbranched alkanes of at least 4 members (excludes halogenated alkanes) is 1. The van der Waals surface area contributed by atoms with E-state index in [4.69, 9.17) is 17.0 Å². The summed E-state index contributed by atoms with van der Waals surface area (Å²) in [6.45, 7) is 4.05. The highest BCUT2D eigenvalue weighted by molar-refractivity contribution is 14.1. The Bertz CT molecular complexity index is 518. The molecule has 0 aliphatic heterocycles. The molecular formula is C18H25BrINOS. The van der Waals surface area contributed by atoms with Gasteiger partial charge in [0.1, 0.15) is 0 Å². The lowest BCUT2D eigenvalue weighted by Gasteiger charge is -2.29. The van der Waals surface area contributed by atoms with E-state index in [0.717, 1.165) is 34.3 Å². The molecule has 1 aliphatic rings. The number of ether oxygens (including phenoxy) is 1. The third-order valence-corrected chi connectivity index (χ3v) is 6.22. The van der Waals surface area contributed by atoms with Crippen molar-refractivity contribution in [1.29, 1.82) is 0 Å². The maximum atomic E-state index is 5.78. The molecule has 0 atom stereocenters. The SMILES string of the molecule is CCCCOCC1CCC(C(=S)Nc2ccc(Br)cc2I)CC1. The molecule has 0 amide bonds. The molecule has 0 unspecified atom stereocenters. The van der Waals surface area contributed by atoms with Gasteiger partial charge in [-0.25, -0.2) is 0 Å². The van der Waals surface area contributed by atoms with Crippen LogP contribution in [0, 0.1) is 15.4 Å². The van der Waals surface area contributed by atoms with Crippen molar-refractivity contribution in [3.05, 3.63) is 26.2 Å². The van der Waals surface area contributed by atoms with Crippen LogP contribution in [-0.2, 0) is 4.74 Å². The van der Waals surface area contributed by atoms with E-state index < -0.39 is 0 Å². The van der Waals surface area contributed by atoms with E-state index in [1.165, 1.54) is 42.1 Å². The highest BCUT2D eigenvalue weighted by atomic mass is 127. The minimum Gasteiger partial charge on any atom is -0.381 e. The molecule has 1 aromatic carbocycles. The number of hydrogen-bond donors (Lipinski definition) is 1. The lowest BCUT2D eigenvalue weighted by Crippen LogP contribution is -2.27. The Kier molecular flexibility index (Phi) is 8.79. The first-order chi connectivity index (χ1) is 11.1. The summed E-state index contributed by atoms with van der Waals surface area (Å²) in [6, 6.07) is 6.25. The number of benzene rings is 1. The zero-order chi connectivity index (χ0) is 16.7. The van der Waals surface area contributed by atoms with Gasteiger partial charge >= 0.3 is 0 Å². The summed E-state index contributed by atoms with van der Waals surface area (Å²) in [5.74, 6) is 1.23. The normalized spacial score (nSPS) is 21.2. The number of rotatable bonds is 7. The number of hydrogen-bond acceptors (Lipinski definition) is 2. The van der Waals surface area contributed by atoms with E-state index in [9.17, 15) is 0 Å². The molecule has 23 heavy (non-hydrogen) atoms. The first-order valence-electron chi connectivity index (χ1n) is 8.43. The van der Waals surface area contributed by atoms with Crippen molar-refractivity contribution in [2.24, 2.45) is 11.8 Å². The van der Waals surface area contributed by atoms with Crippen LogP contribution in [0.4, 0.5) is 5.69 Å². The van der Waals surface area contributed by atoms with Gasteiger partial charge < -0.3 is 10.1 Å². The lowest BCUT2D eigenvalue weighted by molar-refractivity contribution is 0.0803. The highest BCUT2D eigenvalue weighted by Crippen LogP contribution is 2.31. The van der Waals surface area contributed by atoms with Gasteiger partial charge in [0.2, 0.25) is 0 Å². The van der Waals surface area contributed by atoms with Gasteiger partial charge in [-0.1, -0.05) is 41.5 Å². The van der Waals surface area contributed by atoms with E-state index in [-0.39, 0.29) is 0 Å². The minimum absolute atomic E-state index is 0.510. The number of anilines is 1. The smallest absolute Gasteiger partial charge is 0.0828 e. The van der Waals surface area contributed by atoms with E-state index >= 15 is 0 Å². The first-order valence-corrected chi connectivity index (χ1v) is 10.7. The van der Waals surface area contributed by atoms with Gasteiger partial charge in [-0.05, 0) is 78.8 Å². The van der Waals surface area contributed by atoms with Gasteiger partial charge in [-0.15, -0.1) is 0 Å². The van der Waals surface area contributed by atoms with Crippen LogP contribution in [0.1, 0.15) is 45.4 Å². The quantitative estimate of drug-likeness (QED) is 0.260. The summed E-state index contributed by atoms with van der Waals surface area (Å²) in [5.41, 5.74) is 1.11. The summed E-state index contributed by atoms with van der Waals surface area (Å²) in [7, 11) is 0. The van der Waals surface area contributed by atoms with Gasteiger partial charge in [0, 0.05) is 27.2 Å². The van der Waals surface area contributed by atoms with Crippen LogP contribution >= 0.6 is 50.7 Å². The number of halogens is 2. The average Bonchev–Trinajstić information content (AvgIpc) is 2.55. The molecule has 128 valence electrons. The molecule has 0 saturated heterocycles. The predicted molar refractivity (Wildman–Crippen MR) is 114 cm³/mol. The van der Waals surface area contributed by atoms with Crippen molar-refractivity contribution >= 4 is 61.4 Å². The van der Waals surface area contributed by atoms with E-state index in [0.29, 0.717) is 5.92 Å². The molecule has 0 spiro atoms. The summed E-state index contributed by atoms with van der Waals surface area (Å²) < 4.78 is 8.07. The average molecular weight is 510 g/mol. The van der Waals surface area contributed by atoms with Crippen LogP contribution in [0.25, 0.3) is 0 Å². The molecule has 1 saturated carbocycles. The zero-order valence-electron chi connectivity index (χ0n) is 13.6. The van der Waals surface area contributed by atoms with Crippen molar-refractivity contribution < 1.29 is 4.74 Å². The molecule has 1 aromatic rings. The van der Waals surface area contributed by atoms with Crippen LogP contribution in [0.5, 0.6) is 0 Å². The number of nitrogens with one attached hydrogen (secondary N) is 1. The van der Waals surface area contributed by atoms with Gasteiger partial charge in [0.15, 0.2) is 0 Å². The Morgan fingerprint density at radius 3 is 2.74 bits per heavy atom. The van der Waals surface area contributed by atoms with E-state index in [1.54, 1.807) is 0 Å². The standard InChI is InChI=1S/C18H25BrINOS/c1-2-3-10-22-12-13-4-6-14(7-5-13)18(23)21-17-9-8-15(19)11-16(17)20/h8-9,11,13-14H,2-7,10,12H2,1H3,(H,21,23). The molecule has 2 rings (SSSR count). The molecule has 0 aromatic heterocycles. The minimum atomic E-state index is 0.510. The molecule has 0 heterocycles. The summed E-state index contributed by atoms with van der Waals surface area (Å²) >= 11 is 11.5. The van der Waals surface area contributed by atoms with Gasteiger partial charge in [0.25, 0.3) is 0 Å². The van der Waals surface area contributed by atoms with Crippen LogP contribution in [0.15, 0.2) is 22.7 Å². The second kappa shape index (κ2) is 10.3. The predicted octanol–water partition coefficient (Wildman–Crippen LogP) is 6.42. The second-order valence-electron chi connectivity index (χ2n) is 6.26. The van der Waals surface area contributed by atoms with Crippen molar-refractivity contribution in [3.63, 3.8) is 0 Å². The largest absolute Gasteiger partial charge is 0.381 e. The van der Waals surface area contributed by atoms with E-state index in [1.807, 2.05) is 0 Å². The lowest BCUT2D eigenvalue weighted by atomic mass is 9.82. The van der Waals surface area contributed by atoms with Gasteiger partial charge in [-0.2, -0.15) is 0 Å². The molecule has 1 aliphatic carbocycles. The first kappa shape index (κ1) is 19.6. The second-order valence-corrected chi connectivity index (χ2v) is 8.78. The Balaban J connectivity index is 1.75. The Labute approximate surface area is 167 Å². The Morgan fingerprint density at radius 2 is 2.09 bits per heavy atom. The van der Waals surface area contributed by atoms with Crippen molar-refractivity contribution in [1.82, 2.24) is 0 Å². The Morgan fingerprint density at radius 1 is 1.35 bits per heavy atom. The van der Waals surface area contributed by atoms with Crippen molar-refractivity contribution in [3.8, 4) is 0 Å². The molecule has 0 bridgehead atoms. The molecule has 1 fully saturated rings. The van der Waals surface area contributed by atoms with Crippen LogP contribution in [0.3, 0.4) is 0 Å².